The van der Waals surface area contributed by atoms with E-state index in [9.17, 15) is 4.79 Å². The summed E-state index contributed by atoms with van der Waals surface area (Å²) in [7, 11) is 0. The summed E-state index contributed by atoms with van der Waals surface area (Å²) >= 11 is 0. The van der Waals surface area contributed by atoms with E-state index in [0.29, 0.717) is 5.56 Å². The minimum Gasteiger partial charge on any atom is -0.381 e. The molecule has 92 valence electrons. The topological polar surface area (TPSA) is 76.4 Å². The van der Waals surface area contributed by atoms with Gasteiger partial charge in [0, 0.05) is 30.5 Å². The van der Waals surface area contributed by atoms with E-state index in [1.807, 2.05) is 0 Å². The lowest BCUT2D eigenvalue weighted by atomic mass is 10.1. The quantitative estimate of drug-likeness (QED) is 0.537. The van der Waals surface area contributed by atoms with Crippen LogP contribution in [0.2, 0.25) is 0 Å². The summed E-state index contributed by atoms with van der Waals surface area (Å²) < 4.78 is 5.24. The van der Waals surface area contributed by atoms with Gasteiger partial charge in [0.25, 0.3) is 5.91 Å². The molecule has 0 unspecified atom stereocenters. The van der Waals surface area contributed by atoms with Gasteiger partial charge in [-0.15, -0.1) is 0 Å². The van der Waals surface area contributed by atoms with Gasteiger partial charge in [-0.2, -0.15) is 0 Å². The first kappa shape index (κ1) is 11.9. The molecule has 0 saturated carbocycles. The second-order valence-electron chi connectivity index (χ2n) is 4.08. The number of carbonyl (C=O) groups is 1. The molecule has 2 rings (SSSR count). The lowest BCUT2D eigenvalue weighted by Gasteiger charge is -2.23. The van der Waals surface area contributed by atoms with E-state index in [0.717, 1.165) is 31.7 Å². The molecule has 0 aliphatic carbocycles. The van der Waals surface area contributed by atoms with Gasteiger partial charge in [0.15, 0.2) is 0 Å². The van der Waals surface area contributed by atoms with E-state index in [2.05, 4.69) is 10.7 Å². The number of carbonyl (C=O) groups excluding carboxylic acids is 1. The van der Waals surface area contributed by atoms with E-state index in [4.69, 9.17) is 10.6 Å². The molecule has 5 nitrogen and oxygen atoms in total. The van der Waals surface area contributed by atoms with E-state index in [1.54, 1.807) is 24.3 Å². The van der Waals surface area contributed by atoms with Gasteiger partial charge in [-0.1, -0.05) is 0 Å². The van der Waals surface area contributed by atoms with Crippen molar-refractivity contribution in [3.63, 3.8) is 0 Å². The van der Waals surface area contributed by atoms with Crippen molar-refractivity contribution in [1.29, 1.82) is 0 Å². The third kappa shape index (κ3) is 3.18. The Morgan fingerprint density at radius 3 is 2.47 bits per heavy atom. The summed E-state index contributed by atoms with van der Waals surface area (Å²) in [6.45, 7) is 1.45. The van der Waals surface area contributed by atoms with Gasteiger partial charge < -0.3 is 15.5 Å². The lowest BCUT2D eigenvalue weighted by molar-refractivity contribution is 0.0696. The Kier molecular flexibility index (Phi) is 3.95. The Morgan fingerprint density at radius 2 is 1.88 bits per heavy atom. The molecule has 0 radical (unpaired) electrons. The summed E-state index contributed by atoms with van der Waals surface area (Å²) in [4.78, 5) is 11.9. The summed E-state index contributed by atoms with van der Waals surface area (Å²) in [5.41, 5.74) is 3.96. The molecule has 0 bridgehead atoms. The van der Waals surface area contributed by atoms with E-state index >= 15 is 0 Å². The minimum absolute atomic E-state index is 0.0412. The monoisotopic (exact) mass is 235 g/mol. The predicted octanol–water partition coefficient (Wildman–Crippen LogP) is 0.881. The first-order valence-corrected chi connectivity index (χ1v) is 5.75. The number of amides is 1. The molecule has 17 heavy (non-hydrogen) atoms. The van der Waals surface area contributed by atoms with Crippen molar-refractivity contribution in [3.8, 4) is 0 Å². The number of benzene rings is 1. The van der Waals surface area contributed by atoms with Gasteiger partial charge in [-0.3, -0.25) is 10.6 Å². The molecule has 1 aliphatic heterocycles. The molecule has 1 aromatic carbocycles. The second-order valence-corrected chi connectivity index (χ2v) is 4.08. The van der Waals surface area contributed by atoms with Crippen LogP contribution < -0.4 is 16.6 Å². The van der Waals surface area contributed by atoms with Crippen molar-refractivity contribution in [2.75, 3.05) is 18.6 Å². The predicted molar refractivity (Wildman–Crippen MR) is 65.6 cm³/mol. The average molecular weight is 235 g/mol. The van der Waals surface area contributed by atoms with Gasteiger partial charge in [-0.05, 0) is 37.1 Å². The smallest absolute Gasteiger partial charge is 0.251 e. The SMILES string of the molecule is NNc1ccc(C(=O)NC2CCOCC2)cc1. The lowest BCUT2D eigenvalue weighted by Crippen LogP contribution is -2.38. The highest BCUT2D eigenvalue weighted by atomic mass is 16.5. The second kappa shape index (κ2) is 5.65. The highest BCUT2D eigenvalue weighted by molar-refractivity contribution is 5.94. The zero-order chi connectivity index (χ0) is 12.1. The zero-order valence-electron chi connectivity index (χ0n) is 9.61. The molecule has 0 atom stereocenters. The number of ether oxygens (including phenoxy) is 1. The van der Waals surface area contributed by atoms with Crippen molar-refractivity contribution in [2.24, 2.45) is 5.84 Å². The van der Waals surface area contributed by atoms with Crippen molar-refractivity contribution in [3.05, 3.63) is 29.8 Å². The van der Waals surface area contributed by atoms with Crippen LogP contribution in [0.25, 0.3) is 0 Å². The standard InChI is InChI=1S/C12H17N3O2/c13-15-11-3-1-9(2-4-11)12(16)14-10-5-7-17-8-6-10/h1-4,10,15H,5-8,13H2,(H,14,16). The molecule has 1 amide bonds. The van der Waals surface area contributed by atoms with Crippen LogP contribution >= 0.6 is 0 Å². The molecular weight excluding hydrogens is 218 g/mol. The molecule has 1 fully saturated rings. The summed E-state index contributed by atoms with van der Waals surface area (Å²) in [6, 6.07) is 7.29. The summed E-state index contributed by atoms with van der Waals surface area (Å²) in [5, 5.41) is 3.00. The Morgan fingerprint density at radius 1 is 1.24 bits per heavy atom. The number of anilines is 1. The van der Waals surface area contributed by atoms with Crippen LogP contribution in [0, 0.1) is 0 Å². The molecule has 1 aliphatic rings. The average Bonchev–Trinajstić information content (AvgIpc) is 2.40. The number of nitrogens with one attached hydrogen (secondary N) is 2. The number of hydrogen-bond donors (Lipinski definition) is 3. The first-order chi connectivity index (χ1) is 8.29. The maximum atomic E-state index is 11.9. The van der Waals surface area contributed by atoms with Crippen LogP contribution in [0.1, 0.15) is 23.2 Å². The van der Waals surface area contributed by atoms with Gasteiger partial charge in [0.1, 0.15) is 0 Å². The molecule has 5 heteroatoms. The minimum atomic E-state index is -0.0412. The normalized spacial score (nSPS) is 16.5. The molecule has 1 aromatic rings. The Labute approximate surface area is 100 Å². The van der Waals surface area contributed by atoms with Gasteiger partial charge >= 0.3 is 0 Å². The van der Waals surface area contributed by atoms with Crippen molar-refractivity contribution >= 4 is 11.6 Å². The molecule has 1 heterocycles. The van der Waals surface area contributed by atoms with E-state index in [1.165, 1.54) is 0 Å². The molecule has 1 saturated heterocycles. The number of nitrogens with two attached hydrogens (primary N) is 1. The van der Waals surface area contributed by atoms with Gasteiger partial charge in [0.05, 0.1) is 0 Å². The summed E-state index contributed by atoms with van der Waals surface area (Å²) in [5.74, 6) is 5.22. The highest BCUT2D eigenvalue weighted by Crippen LogP contribution is 2.10. The van der Waals surface area contributed by atoms with Gasteiger partial charge in [0.2, 0.25) is 0 Å². The molecule has 0 spiro atoms. The fraction of sp³-hybridized carbons (Fsp3) is 0.417. The first-order valence-electron chi connectivity index (χ1n) is 5.75. The van der Waals surface area contributed by atoms with Crippen LogP contribution in [-0.2, 0) is 4.74 Å². The third-order valence-corrected chi connectivity index (χ3v) is 2.87. The number of nitrogen functional groups attached to an aromatic ring is 1. The largest absolute Gasteiger partial charge is 0.381 e. The van der Waals surface area contributed by atoms with Crippen LogP contribution in [0.15, 0.2) is 24.3 Å². The highest BCUT2D eigenvalue weighted by Gasteiger charge is 2.16. The Hall–Kier alpha value is -1.59. The van der Waals surface area contributed by atoms with Gasteiger partial charge in [-0.25, -0.2) is 0 Å². The van der Waals surface area contributed by atoms with Crippen molar-refractivity contribution < 1.29 is 9.53 Å². The molecule has 0 aromatic heterocycles. The number of rotatable bonds is 3. The van der Waals surface area contributed by atoms with E-state index < -0.39 is 0 Å². The van der Waals surface area contributed by atoms with Crippen LogP contribution in [-0.4, -0.2) is 25.2 Å². The third-order valence-electron chi connectivity index (χ3n) is 2.87. The maximum absolute atomic E-state index is 11.9. The Bertz CT molecular complexity index is 372. The fourth-order valence-corrected chi connectivity index (χ4v) is 1.83. The van der Waals surface area contributed by atoms with Crippen molar-refractivity contribution in [1.82, 2.24) is 5.32 Å². The van der Waals surface area contributed by atoms with E-state index in [-0.39, 0.29) is 11.9 Å². The van der Waals surface area contributed by atoms with Crippen LogP contribution in [0.4, 0.5) is 5.69 Å². The number of hydrogen-bond acceptors (Lipinski definition) is 4. The fourth-order valence-electron chi connectivity index (χ4n) is 1.83. The van der Waals surface area contributed by atoms with Crippen LogP contribution in [0.3, 0.4) is 0 Å². The van der Waals surface area contributed by atoms with Crippen molar-refractivity contribution in [2.45, 2.75) is 18.9 Å². The van der Waals surface area contributed by atoms with Crippen LogP contribution in [0.5, 0.6) is 0 Å². The maximum Gasteiger partial charge on any atom is 0.251 e. The summed E-state index contributed by atoms with van der Waals surface area (Å²) in [6.07, 6.45) is 1.77. The molecule has 4 N–H and O–H groups in total. The zero-order valence-corrected chi connectivity index (χ0v) is 9.61. The molecular formula is C12H17N3O2. The Balaban J connectivity index is 1.93. The number of hydrazine groups is 1.